The van der Waals surface area contributed by atoms with E-state index < -0.39 is 57.3 Å². The molecule has 3 saturated carbocycles. The minimum absolute atomic E-state index is 0.0177. The Kier molecular flexibility index (Phi) is 4.54. The monoisotopic (exact) mass is 468 g/mol. The number of ketones is 1. The number of alkyl halides is 2. The van der Waals surface area contributed by atoms with Crippen molar-refractivity contribution in [3.63, 3.8) is 0 Å². The van der Waals surface area contributed by atoms with E-state index >= 15 is 8.78 Å². The zero-order chi connectivity index (χ0) is 23.5. The third-order valence-corrected chi connectivity index (χ3v) is 10.4. The van der Waals surface area contributed by atoms with Crippen LogP contribution in [0.1, 0.15) is 47.0 Å². The number of hydrogen-bond donors (Lipinski definition) is 1. The first-order valence-electron chi connectivity index (χ1n) is 11.2. The molecule has 5 aliphatic rings. The van der Waals surface area contributed by atoms with Gasteiger partial charge in [0.2, 0.25) is 0 Å². The summed E-state index contributed by atoms with van der Waals surface area (Å²) in [5.74, 6) is -2.40. The van der Waals surface area contributed by atoms with Crippen LogP contribution in [0.15, 0.2) is 23.8 Å². The maximum absolute atomic E-state index is 17.2. The zero-order valence-corrected chi connectivity index (χ0v) is 19.8. The average molecular weight is 469 g/mol. The first-order chi connectivity index (χ1) is 14.8. The van der Waals surface area contributed by atoms with Crippen LogP contribution in [0.4, 0.5) is 8.78 Å². The third-order valence-electron chi connectivity index (χ3n) is 9.47. The second kappa shape index (κ2) is 6.45. The number of aliphatic hydroxyl groups is 1. The number of fused-ring (bicyclic) bond motifs is 6. The molecule has 0 aromatic rings. The van der Waals surface area contributed by atoms with Crippen molar-refractivity contribution >= 4 is 23.5 Å². The molecule has 32 heavy (non-hydrogen) atoms. The minimum atomic E-state index is -2.17. The molecule has 1 saturated heterocycles. The Morgan fingerprint density at radius 3 is 2.50 bits per heavy atom. The highest BCUT2D eigenvalue weighted by molar-refractivity contribution is 7.99. The molecule has 0 aromatic heterocycles. The van der Waals surface area contributed by atoms with E-state index in [1.807, 2.05) is 13.8 Å². The first kappa shape index (κ1) is 22.5. The average Bonchev–Trinajstić information content (AvgIpc) is 3.12. The highest BCUT2D eigenvalue weighted by atomic mass is 32.2. The predicted octanol–water partition coefficient (Wildman–Crippen LogP) is 3.90. The lowest BCUT2D eigenvalue weighted by atomic mass is 9.44. The van der Waals surface area contributed by atoms with E-state index in [2.05, 4.69) is 0 Å². The summed E-state index contributed by atoms with van der Waals surface area (Å²) in [7, 11) is 0. The van der Waals surface area contributed by atoms with Gasteiger partial charge in [0.05, 0.1) is 6.10 Å². The van der Waals surface area contributed by atoms with Crippen LogP contribution in [0.5, 0.6) is 0 Å². The van der Waals surface area contributed by atoms with Gasteiger partial charge in [-0.1, -0.05) is 31.7 Å². The molecule has 1 spiro atoms. The van der Waals surface area contributed by atoms with E-state index in [9.17, 15) is 14.7 Å². The van der Waals surface area contributed by atoms with Crippen LogP contribution in [0.25, 0.3) is 0 Å². The topological polar surface area (TPSA) is 72.8 Å². The summed E-state index contributed by atoms with van der Waals surface area (Å²) in [6.07, 6.45) is 2.99. The molecule has 1 unspecified atom stereocenters. The number of halogens is 2. The number of rotatable bonds is 1. The van der Waals surface area contributed by atoms with E-state index in [0.29, 0.717) is 6.42 Å². The summed E-state index contributed by atoms with van der Waals surface area (Å²) in [4.78, 5) is 25.3. The maximum atomic E-state index is 17.2. The van der Waals surface area contributed by atoms with Crippen molar-refractivity contribution in [3.05, 3.63) is 23.8 Å². The molecule has 1 N–H and O–H groups in total. The third kappa shape index (κ3) is 2.32. The number of ether oxygens (including phenoxy) is 2. The van der Waals surface area contributed by atoms with Gasteiger partial charge in [-0.3, -0.25) is 4.79 Å². The smallest absolute Gasteiger partial charge is 0.342 e. The number of thioether (sulfide) groups is 1. The largest absolute Gasteiger partial charge is 0.421 e. The lowest BCUT2D eigenvalue weighted by Crippen LogP contribution is -2.70. The van der Waals surface area contributed by atoms with Crippen molar-refractivity contribution in [1.82, 2.24) is 0 Å². The Morgan fingerprint density at radius 1 is 1.19 bits per heavy atom. The van der Waals surface area contributed by atoms with Gasteiger partial charge in [0.25, 0.3) is 5.12 Å². The molecule has 0 bridgehead atoms. The molecule has 1 aliphatic heterocycles. The summed E-state index contributed by atoms with van der Waals surface area (Å²) < 4.78 is 44.7. The molecule has 176 valence electrons. The predicted molar refractivity (Wildman–Crippen MR) is 115 cm³/mol. The second-order valence-electron chi connectivity index (χ2n) is 10.8. The van der Waals surface area contributed by atoms with Crippen molar-refractivity contribution < 1.29 is 33.0 Å². The van der Waals surface area contributed by atoms with Gasteiger partial charge in [-0.15, -0.1) is 0 Å². The molecule has 1 heterocycles. The fourth-order valence-electron chi connectivity index (χ4n) is 7.86. The number of hydrogen-bond acceptors (Lipinski definition) is 6. The lowest BCUT2D eigenvalue weighted by Gasteiger charge is -2.62. The number of carbonyl (C=O) groups is 2. The van der Waals surface area contributed by atoms with E-state index in [1.165, 1.54) is 30.0 Å². The number of allylic oxidation sites excluding steroid dienone is 4. The SMILES string of the molecule is CSC1(C)OC(=O)[C@@]2(O1)[C@H](C)C[C@H]1[C@@H]3C[C@H](F)C4=CC(=O)C=C[C@]4(C)[C@@]3(F)[C@@H](O)C[C@@]12C. The Hall–Kier alpha value is -1.25. The fourth-order valence-corrected chi connectivity index (χ4v) is 8.23. The molecule has 5 nitrogen and oxygen atoms in total. The molecule has 4 aliphatic carbocycles. The van der Waals surface area contributed by atoms with Crippen molar-refractivity contribution in [2.45, 2.75) is 75.6 Å². The van der Waals surface area contributed by atoms with Gasteiger partial charge in [-0.05, 0) is 62.0 Å². The Balaban J connectivity index is 1.64. The number of aliphatic hydroxyl groups excluding tert-OH is 1. The Bertz CT molecular complexity index is 968. The van der Waals surface area contributed by atoms with Crippen LogP contribution in [-0.4, -0.2) is 51.8 Å². The van der Waals surface area contributed by atoms with Gasteiger partial charge >= 0.3 is 5.97 Å². The molecule has 4 fully saturated rings. The van der Waals surface area contributed by atoms with Gasteiger partial charge in [0.15, 0.2) is 17.1 Å². The molecule has 0 radical (unpaired) electrons. The second-order valence-corrected chi connectivity index (χ2v) is 11.9. The molecular weight excluding hydrogens is 438 g/mol. The van der Waals surface area contributed by atoms with Gasteiger partial charge in [-0.2, -0.15) is 0 Å². The lowest BCUT2D eigenvalue weighted by molar-refractivity contribution is -0.232. The molecule has 10 atom stereocenters. The van der Waals surface area contributed by atoms with Crippen LogP contribution in [0, 0.1) is 28.6 Å². The van der Waals surface area contributed by atoms with E-state index in [-0.39, 0.29) is 30.1 Å². The summed E-state index contributed by atoms with van der Waals surface area (Å²) in [6.45, 7) is 7.02. The van der Waals surface area contributed by atoms with Crippen LogP contribution in [0.2, 0.25) is 0 Å². The van der Waals surface area contributed by atoms with Crippen LogP contribution < -0.4 is 0 Å². The van der Waals surface area contributed by atoms with E-state index in [0.717, 1.165) is 0 Å². The van der Waals surface area contributed by atoms with Gasteiger partial charge in [0.1, 0.15) is 6.17 Å². The number of carbonyl (C=O) groups excluding carboxylic acids is 2. The number of esters is 1. The zero-order valence-electron chi connectivity index (χ0n) is 19.0. The summed E-state index contributed by atoms with van der Waals surface area (Å²) in [5.41, 5.74) is -5.77. The maximum Gasteiger partial charge on any atom is 0.342 e. The molecule has 8 heteroatoms. The Morgan fingerprint density at radius 2 is 1.88 bits per heavy atom. The van der Waals surface area contributed by atoms with Crippen molar-refractivity contribution in [2.75, 3.05) is 6.26 Å². The summed E-state index contributed by atoms with van der Waals surface area (Å²) >= 11 is 1.27. The minimum Gasteiger partial charge on any atom is -0.421 e. The van der Waals surface area contributed by atoms with Crippen molar-refractivity contribution in [1.29, 1.82) is 0 Å². The highest BCUT2D eigenvalue weighted by Crippen LogP contribution is 2.73. The normalized spacial score (nSPS) is 56.5. The first-order valence-corrected chi connectivity index (χ1v) is 12.5. The summed E-state index contributed by atoms with van der Waals surface area (Å²) in [6, 6.07) is 0. The molecule has 5 rings (SSSR count). The van der Waals surface area contributed by atoms with Crippen LogP contribution in [-0.2, 0) is 19.1 Å². The fraction of sp³-hybridized carbons (Fsp3) is 0.750. The molecular formula is C24H30F2O5S. The van der Waals surface area contributed by atoms with Gasteiger partial charge < -0.3 is 14.6 Å². The van der Waals surface area contributed by atoms with Gasteiger partial charge in [0, 0.05) is 23.7 Å². The van der Waals surface area contributed by atoms with E-state index in [4.69, 9.17) is 9.47 Å². The highest BCUT2D eigenvalue weighted by Gasteiger charge is 2.80. The number of cyclic esters (lactones) is 1. The molecule has 0 aromatic carbocycles. The van der Waals surface area contributed by atoms with Gasteiger partial charge in [-0.25, -0.2) is 13.6 Å². The Labute approximate surface area is 191 Å². The van der Waals surface area contributed by atoms with Crippen molar-refractivity contribution in [3.8, 4) is 0 Å². The van der Waals surface area contributed by atoms with Crippen LogP contribution in [0.3, 0.4) is 0 Å². The van der Waals surface area contributed by atoms with Crippen LogP contribution >= 0.6 is 11.8 Å². The summed E-state index contributed by atoms with van der Waals surface area (Å²) in [5, 5.41) is 10.2. The van der Waals surface area contributed by atoms with E-state index in [1.54, 1.807) is 20.1 Å². The van der Waals surface area contributed by atoms with Crippen molar-refractivity contribution in [2.24, 2.45) is 28.6 Å². The quantitative estimate of drug-likeness (QED) is 0.589. The standard InChI is InChI=1S/C24H30F2O5S/c1-12-8-14-15-10-17(25)16-9-13(27)6-7-20(16,2)23(15,26)18(28)11-21(14,3)24(12)19(29)30-22(4,31-24)32-5/h6-7,9,12,14-15,17-18,28H,8,10-11H2,1-5H3/t12-,14+,15+,17+,18+,20+,21+,22?,23+,24+/m1/s1. The molecule has 0 amide bonds.